The van der Waals surface area contributed by atoms with Crippen molar-refractivity contribution in [1.82, 2.24) is 14.5 Å². The maximum Gasteiger partial charge on any atom is 0.0995 e. The van der Waals surface area contributed by atoms with Crippen LogP contribution in [0.15, 0.2) is 36.8 Å². The van der Waals surface area contributed by atoms with Gasteiger partial charge in [-0.2, -0.15) is 0 Å². The van der Waals surface area contributed by atoms with Crippen LogP contribution in [0.2, 0.25) is 0 Å². The van der Waals surface area contributed by atoms with Crippen molar-refractivity contribution in [3.8, 4) is 5.69 Å². The molecule has 0 bridgehead atoms. The molecule has 106 valence electrons. The number of ether oxygens (including phenoxy) is 1. The third-order valence-electron chi connectivity index (χ3n) is 3.51. The van der Waals surface area contributed by atoms with Gasteiger partial charge in [0.25, 0.3) is 0 Å². The van der Waals surface area contributed by atoms with E-state index in [1.165, 1.54) is 0 Å². The molecular formula is C15H18ClN3O. The van der Waals surface area contributed by atoms with Crippen molar-refractivity contribution in [1.29, 1.82) is 0 Å². The number of alkyl halides is 1. The van der Waals surface area contributed by atoms with E-state index in [4.69, 9.17) is 16.3 Å². The van der Waals surface area contributed by atoms with Crippen LogP contribution in [0, 0.1) is 0 Å². The third-order valence-corrected chi connectivity index (χ3v) is 3.82. The van der Waals surface area contributed by atoms with Crippen LogP contribution >= 0.6 is 11.6 Å². The lowest BCUT2D eigenvalue weighted by Crippen LogP contribution is -2.35. The van der Waals surface area contributed by atoms with Gasteiger partial charge < -0.3 is 9.30 Å². The molecule has 2 aromatic rings. The first kappa shape index (κ1) is 13.6. The molecule has 0 saturated carbocycles. The number of aromatic nitrogens is 2. The smallest absolute Gasteiger partial charge is 0.0995 e. The molecule has 20 heavy (non-hydrogen) atoms. The van der Waals surface area contributed by atoms with Crippen LogP contribution < -0.4 is 0 Å². The Morgan fingerprint density at radius 1 is 1.15 bits per heavy atom. The molecule has 1 saturated heterocycles. The Morgan fingerprint density at radius 2 is 1.90 bits per heavy atom. The maximum absolute atomic E-state index is 5.80. The minimum atomic E-state index is 0.548. The maximum atomic E-state index is 5.80. The summed E-state index contributed by atoms with van der Waals surface area (Å²) in [6.45, 7) is 4.49. The predicted octanol–water partition coefficient (Wildman–Crippen LogP) is 2.44. The average molecular weight is 292 g/mol. The minimum absolute atomic E-state index is 0.548. The number of imidazole rings is 1. The summed E-state index contributed by atoms with van der Waals surface area (Å²) in [4.78, 5) is 6.85. The van der Waals surface area contributed by atoms with Crippen molar-refractivity contribution in [2.75, 3.05) is 26.3 Å². The molecule has 1 aromatic heterocycles. The summed E-state index contributed by atoms with van der Waals surface area (Å²) in [5.41, 5.74) is 3.33. The summed E-state index contributed by atoms with van der Waals surface area (Å²) in [6, 6.07) is 8.23. The first-order chi connectivity index (χ1) is 9.85. The van der Waals surface area contributed by atoms with Crippen LogP contribution in [0.3, 0.4) is 0 Å². The lowest BCUT2D eigenvalue weighted by Gasteiger charge is -2.25. The molecule has 0 atom stereocenters. The van der Waals surface area contributed by atoms with Gasteiger partial charge in [-0.1, -0.05) is 12.1 Å². The van der Waals surface area contributed by atoms with Gasteiger partial charge in [-0.3, -0.25) is 4.90 Å². The average Bonchev–Trinajstić information content (AvgIpc) is 2.97. The van der Waals surface area contributed by atoms with Crippen LogP contribution in [0.4, 0.5) is 0 Å². The van der Waals surface area contributed by atoms with Gasteiger partial charge in [0.1, 0.15) is 0 Å². The number of benzene rings is 1. The fraction of sp³-hybridized carbons (Fsp3) is 0.400. The van der Waals surface area contributed by atoms with Gasteiger partial charge in [-0.15, -0.1) is 11.6 Å². The van der Waals surface area contributed by atoms with Crippen LogP contribution in [-0.2, 0) is 17.2 Å². The van der Waals surface area contributed by atoms with Gasteiger partial charge in [0.2, 0.25) is 0 Å². The second-order valence-electron chi connectivity index (χ2n) is 4.96. The molecule has 0 radical (unpaired) electrons. The fourth-order valence-corrected chi connectivity index (χ4v) is 2.51. The Morgan fingerprint density at radius 3 is 2.60 bits per heavy atom. The molecule has 1 aliphatic heterocycles. The number of hydrogen-bond acceptors (Lipinski definition) is 3. The summed E-state index contributed by atoms with van der Waals surface area (Å²) in [6.07, 6.45) is 3.96. The van der Waals surface area contributed by atoms with Gasteiger partial charge in [-0.05, 0) is 17.7 Å². The van der Waals surface area contributed by atoms with Gasteiger partial charge in [0.05, 0.1) is 25.2 Å². The van der Waals surface area contributed by atoms with E-state index in [1.54, 1.807) is 0 Å². The second-order valence-corrected chi connectivity index (χ2v) is 5.23. The quantitative estimate of drug-likeness (QED) is 0.811. The first-order valence-electron chi connectivity index (χ1n) is 6.83. The Labute approximate surface area is 123 Å². The number of halogens is 1. The molecule has 1 aliphatic rings. The van der Waals surface area contributed by atoms with Gasteiger partial charge in [0.15, 0.2) is 0 Å². The second kappa shape index (κ2) is 6.39. The van der Waals surface area contributed by atoms with E-state index in [0.717, 1.165) is 49.8 Å². The summed E-state index contributed by atoms with van der Waals surface area (Å²) in [5.74, 6) is 0.548. The SMILES string of the molecule is ClCc1ccc(-n2cnc(CN3CCOCC3)c2)cc1. The monoisotopic (exact) mass is 291 g/mol. The highest BCUT2D eigenvalue weighted by molar-refractivity contribution is 6.17. The largest absolute Gasteiger partial charge is 0.379 e. The minimum Gasteiger partial charge on any atom is -0.379 e. The summed E-state index contributed by atoms with van der Waals surface area (Å²) >= 11 is 5.80. The summed E-state index contributed by atoms with van der Waals surface area (Å²) < 4.78 is 7.41. The van der Waals surface area contributed by atoms with Crippen molar-refractivity contribution in [3.05, 3.63) is 48.0 Å². The van der Waals surface area contributed by atoms with Gasteiger partial charge in [0, 0.05) is 37.4 Å². The summed E-state index contributed by atoms with van der Waals surface area (Å²) in [5, 5.41) is 0. The highest BCUT2D eigenvalue weighted by Gasteiger charge is 2.12. The van der Waals surface area contributed by atoms with Crippen LogP contribution in [0.25, 0.3) is 5.69 Å². The van der Waals surface area contributed by atoms with E-state index >= 15 is 0 Å². The predicted molar refractivity (Wildman–Crippen MR) is 79.2 cm³/mol. The van der Waals surface area contributed by atoms with Crippen LogP contribution in [0.5, 0.6) is 0 Å². The summed E-state index contributed by atoms with van der Waals surface area (Å²) in [7, 11) is 0. The molecular weight excluding hydrogens is 274 g/mol. The first-order valence-corrected chi connectivity index (χ1v) is 7.37. The molecule has 4 nitrogen and oxygen atoms in total. The number of nitrogens with zero attached hydrogens (tertiary/aromatic N) is 3. The van der Waals surface area contributed by atoms with Crippen molar-refractivity contribution < 1.29 is 4.74 Å². The van der Waals surface area contributed by atoms with Crippen molar-refractivity contribution in [2.24, 2.45) is 0 Å². The van der Waals surface area contributed by atoms with E-state index in [9.17, 15) is 0 Å². The number of morpholine rings is 1. The van der Waals surface area contributed by atoms with Crippen molar-refractivity contribution in [2.45, 2.75) is 12.4 Å². The Balaban J connectivity index is 1.68. The standard InChI is InChI=1S/C15H18ClN3O/c16-9-13-1-3-15(4-2-13)19-11-14(17-12-19)10-18-5-7-20-8-6-18/h1-4,11-12H,5-10H2. The van der Waals surface area contributed by atoms with Crippen LogP contribution in [-0.4, -0.2) is 40.8 Å². The molecule has 0 N–H and O–H groups in total. The van der Waals surface area contributed by atoms with E-state index in [0.29, 0.717) is 5.88 Å². The Bertz CT molecular complexity index is 547. The third kappa shape index (κ3) is 3.20. The highest BCUT2D eigenvalue weighted by atomic mass is 35.5. The van der Waals surface area contributed by atoms with E-state index in [2.05, 4.69) is 28.2 Å². The number of hydrogen-bond donors (Lipinski definition) is 0. The van der Waals surface area contributed by atoms with Crippen molar-refractivity contribution in [3.63, 3.8) is 0 Å². The highest BCUT2D eigenvalue weighted by Crippen LogP contribution is 2.13. The van der Waals surface area contributed by atoms with Gasteiger partial charge >= 0.3 is 0 Å². The zero-order chi connectivity index (χ0) is 13.8. The zero-order valence-corrected chi connectivity index (χ0v) is 12.1. The lowest BCUT2D eigenvalue weighted by molar-refractivity contribution is 0.0337. The molecule has 0 amide bonds. The molecule has 0 spiro atoms. The molecule has 3 rings (SSSR count). The van der Waals surface area contributed by atoms with Crippen molar-refractivity contribution >= 4 is 11.6 Å². The number of rotatable bonds is 4. The Kier molecular flexibility index (Phi) is 4.35. The Hall–Kier alpha value is -1.36. The zero-order valence-electron chi connectivity index (χ0n) is 11.3. The van der Waals surface area contributed by atoms with E-state index < -0.39 is 0 Å². The molecule has 0 unspecified atom stereocenters. The van der Waals surface area contributed by atoms with Crippen LogP contribution in [0.1, 0.15) is 11.3 Å². The molecule has 0 aliphatic carbocycles. The van der Waals surface area contributed by atoms with E-state index in [-0.39, 0.29) is 0 Å². The van der Waals surface area contributed by atoms with Gasteiger partial charge in [-0.25, -0.2) is 4.98 Å². The molecule has 1 fully saturated rings. The lowest BCUT2D eigenvalue weighted by atomic mass is 10.2. The topological polar surface area (TPSA) is 30.3 Å². The normalized spacial score (nSPS) is 16.4. The molecule has 2 heterocycles. The molecule has 5 heteroatoms. The van der Waals surface area contributed by atoms with E-state index in [1.807, 2.05) is 23.0 Å². The fourth-order valence-electron chi connectivity index (χ4n) is 2.33. The molecule has 1 aromatic carbocycles.